The number of likely N-dealkylation sites (tertiary alicyclic amines) is 1. The van der Waals surface area contributed by atoms with Crippen LogP contribution in [0.2, 0.25) is 0 Å². The number of rotatable bonds is 4. The highest BCUT2D eigenvalue weighted by molar-refractivity contribution is 5.15. The zero-order valence-electron chi connectivity index (χ0n) is 11.3. The third-order valence-electron chi connectivity index (χ3n) is 4.02. The number of aromatic nitrogens is 2. The lowest BCUT2D eigenvalue weighted by Gasteiger charge is -2.31. The normalized spacial score (nSPS) is 17.7. The number of nitrogens with one attached hydrogen (secondary N) is 1. The molecule has 19 heavy (non-hydrogen) atoms. The highest BCUT2D eigenvalue weighted by atomic mass is 15.1. The van der Waals surface area contributed by atoms with E-state index >= 15 is 0 Å². The monoisotopic (exact) mass is 255 g/mol. The molecule has 3 rings (SSSR count). The van der Waals surface area contributed by atoms with Gasteiger partial charge in [-0.2, -0.15) is 0 Å². The Bertz CT molecular complexity index is 470. The van der Waals surface area contributed by atoms with E-state index in [-0.39, 0.29) is 0 Å². The second-order valence-corrected chi connectivity index (χ2v) is 5.49. The van der Waals surface area contributed by atoms with Crippen LogP contribution in [0.15, 0.2) is 42.9 Å². The first-order valence-electron chi connectivity index (χ1n) is 7.13. The minimum atomic E-state index is 0.848. The Balaban J connectivity index is 1.47. The molecule has 0 amide bonds. The Morgan fingerprint density at radius 3 is 2.63 bits per heavy atom. The Labute approximate surface area is 114 Å². The maximum absolute atomic E-state index is 4.08. The Hall–Kier alpha value is -1.61. The first-order valence-corrected chi connectivity index (χ1v) is 7.13. The number of hydrogen-bond donors (Lipinski definition) is 1. The molecule has 1 aromatic carbocycles. The summed E-state index contributed by atoms with van der Waals surface area (Å²) in [5, 5.41) is 0. The SMILES string of the molecule is c1ccc(CC2CCN(Cc3cnc[nH]3)CC2)cc1. The van der Waals surface area contributed by atoms with Crippen LogP contribution in [-0.4, -0.2) is 28.0 Å². The van der Waals surface area contributed by atoms with Gasteiger partial charge in [-0.25, -0.2) is 4.98 Å². The molecule has 2 aromatic rings. The van der Waals surface area contributed by atoms with E-state index in [2.05, 4.69) is 45.2 Å². The van der Waals surface area contributed by atoms with E-state index in [9.17, 15) is 0 Å². The molecule has 1 aliphatic heterocycles. The van der Waals surface area contributed by atoms with Gasteiger partial charge in [0.15, 0.2) is 0 Å². The number of imidazole rings is 1. The number of piperidine rings is 1. The highest BCUT2D eigenvalue weighted by Crippen LogP contribution is 2.22. The fourth-order valence-electron chi connectivity index (χ4n) is 2.91. The van der Waals surface area contributed by atoms with Crippen LogP contribution < -0.4 is 0 Å². The number of nitrogens with zero attached hydrogens (tertiary/aromatic N) is 2. The van der Waals surface area contributed by atoms with Gasteiger partial charge in [0.2, 0.25) is 0 Å². The fourth-order valence-corrected chi connectivity index (χ4v) is 2.91. The van der Waals surface area contributed by atoms with Crippen LogP contribution >= 0.6 is 0 Å². The minimum Gasteiger partial charge on any atom is -0.347 e. The molecule has 0 atom stereocenters. The van der Waals surface area contributed by atoms with Crippen molar-refractivity contribution in [3.05, 3.63) is 54.1 Å². The Morgan fingerprint density at radius 2 is 1.95 bits per heavy atom. The third-order valence-corrected chi connectivity index (χ3v) is 4.02. The molecule has 0 radical (unpaired) electrons. The summed E-state index contributed by atoms with van der Waals surface area (Å²) in [6.45, 7) is 3.42. The molecule has 3 nitrogen and oxygen atoms in total. The van der Waals surface area contributed by atoms with Gasteiger partial charge >= 0.3 is 0 Å². The van der Waals surface area contributed by atoms with Crippen LogP contribution in [0, 0.1) is 5.92 Å². The molecule has 1 saturated heterocycles. The molecule has 1 fully saturated rings. The van der Waals surface area contributed by atoms with Gasteiger partial charge in [-0.1, -0.05) is 30.3 Å². The van der Waals surface area contributed by atoms with Crippen LogP contribution in [0.25, 0.3) is 0 Å². The van der Waals surface area contributed by atoms with Crippen LogP contribution in [0.3, 0.4) is 0 Å². The zero-order valence-corrected chi connectivity index (χ0v) is 11.3. The standard InChI is InChI=1S/C16H21N3/c1-2-4-14(5-3-1)10-15-6-8-19(9-7-15)12-16-11-17-13-18-16/h1-5,11,13,15H,6-10,12H2,(H,17,18). The lowest BCUT2D eigenvalue weighted by molar-refractivity contribution is 0.175. The summed E-state index contributed by atoms with van der Waals surface area (Å²) >= 11 is 0. The van der Waals surface area contributed by atoms with Crippen molar-refractivity contribution in [2.75, 3.05) is 13.1 Å². The molecule has 2 heterocycles. The van der Waals surface area contributed by atoms with E-state index in [1.54, 1.807) is 6.33 Å². The smallest absolute Gasteiger partial charge is 0.0922 e. The van der Waals surface area contributed by atoms with Gasteiger partial charge in [0.25, 0.3) is 0 Å². The van der Waals surface area contributed by atoms with Crippen molar-refractivity contribution in [1.29, 1.82) is 0 Å². The van der Waals surface area contributed by atoms with E-state index in [1.165, 1.54) is 43.6 Å². The summed E-state index contributed by atoms with van der Waals surface area (Å²) in [4.78, 5) is 9.78. The van der Waals surface area contributed by atoms with Crippen molar-refractivity contribution in [3.63, 3.8) is 0 Å². The summed E-state index contributed by atoms with van der Waals surface area (Å²) < 4.78 is 0. The molecular formula is C16H21N3. The lowest BCUT2D eigenvalue weighted by Crippen LogP contribution is -2.33. The van der Waals surface area contributed by atoms with E-state index < -0.39 is 0 Å². The number of benzene rings is 1. The van der Waals surface area contributed by atoms with Crippen LogP contribution in [0.4, 0.5) is 0 Å². The highest BCUT2D eigenvalue weighted by Gasteiger charge is 2.19. The fraction of sp³-hybridized carbons (Fsp3) is 0.438. The minimum absolute atomic E-state index is 0.848. The molecule has 0 unspecified atom stereocenters. The Kier molecular flexibility index (Phi) is 3.94. The second kappa shape index (κ2) is 6.02. The van der Waals surface area contributed by atoms with Crippen molar-refractivity contribution in [2.24, 2.45) is 5.92 Å². The molecule has 1 aromatic heterocycles. The summed E-state index contributed by atoms with van der Waals surface area (Å²) in [7, 11) is 0. The van der Waals surface area contributed by atoms with E-state index in [4.69, 9.17) is 0 Å². The molecule has 0 bridgehead atoms. The lowest BCUT2D eigenvalue weighted by atomic mass is 9.90. The summed E-state index contributed by atoms with van der Waals surface area (Å²) in [6, 6.07) is 10.9. The number of H-pyrrole nitrogens is 1. The van der Waals surface area contributed by atoms with Gasteiger partial charge in [-0.3, -0.25) is 4.90 Å². The van der Waals surface area contributed by atoms with Gasteiger partial charge in [0.1, 0.15) is 0 Å². The maximum atomic E-state index is 4.08. The van der Waals surface area contributed by atoms with Crippen LogP contribution in [0.1, 0.15) is 24.1 Å². The molecule has 100 valence electrons. The first kappa shape index (κ1) is 12.4. The largest absolute Gasteiger partial charge is 0.347 e. The quantitative estimate of drug-likeness (QED) is 0.911. The first-order chi connectivity index (χ1) is 9.40. The van der Waals surface area contributed by atoms with E-state index in [1.807, 2.05) is 6.20 Å². The summed E-state index contributed by atoms with van der Waals surface area (Å²) in [5.74, 6) is 0.848. The average Bonchev–Trinajstić information content (AvgIpc) is 2.95. The second-order valence-electron chi connectivity index (χ2n) is 5.49. The zero-order chi connectivity index (χ0) is 12.9. The Morgan fingerprint density at radius 1 is 1.16 bits per heavy atom. The predicted molar refractivity (Wildman–Crippen MR) is 76.7 cm³/mol. The molecule has 3 heteroatoms. The molecule has 0 saturated carbocycles. The van der Waals surface area contributed by atoms with Gasteiger partial charge < -0.3 is 4.98 Å². The topological polar surface area (TPSA) is 31.9 Å². The molecule has 0 aliphatic carbocycles. The van der Waals surface area contributed by atoms with E-state index in [0.717, 1.165) is 12.5 Å². The van der Waals surface area contributed by atoms with Crippen molar-refractivity contribution in [3.8, 4) is 0 Å². The molecule has 1 N–H and O–H groups in total. The van der Waals surface area contributed by atoms with Gasteiger partial charge in [-0.15, -0.1) is 0 Å². The molecule has 1 aliphatic rings. The predicted octanol–water partition coefficient (Wildman–Crippen LogP) is 2.86. The summed E-state index contributed by atoms with van der Waals surface area (Å²) in [5.41, 5.74) is 2.70. The number of aromatic amines is 1. The van der Waals surface area contributed by atoms with Gasteiger partial charge in [-0.05, 0) is 43.8 Å². The van der Waals surface area contributed by atoms with Crippen molar-refractivity contribution < 1.29 is 0 Å². The van der Waals surface area contributed by atoms with Gasteiger partial charge in [0.05, 0.1) is 6.33 Å². The summed E-state index contributed by atoms with van der Waals surface area (Å²) in [6.07, 6.45) is 7.54. The molecular weight excluding hydrogens is 234 g/mol. The van der Waals surface area contributed by atoms with Gasteiger partial charge in [0, 0.05) is 18.4 Å². The maximum Gasteiger partial charge on any atom is 0.0922 e. The van der Waals surface area contributed by atoms with Crippen molar-refractivity contribution in [1.82, 2.24) is 14.9 Å². The van der Waals surface area contributed by atoms with Crippen LogP contribution in [-0.2, 0) is 13.0 Å². The molecule has 0 spiro atoms. The van der Waals surface area contributed by atoms with Crippen molar-refractivity contribution >= 4 is 0 Å². The third kappa shape index (κ3) is 3.44. The van der Waals surface area contributed by atoms with E-state index in [0.29, 0.717) is 0 Å². The average molecular weight is 255 g/mol. The number of hydrogen-bond acceptors (Lipinski definition) is 2. The van der Waals surface area contributed by atoms with Crippen LogP contribution in [0.5, 0.6) is 0 Å². The van der Waals surface area contributed by atoms with Crippen molar-refractivity contribution in [2.45, 2.75) is 25.8 Å².